The van der Waals surface area contributed by atoms with Gasteiger partial charge in [-0.3, -0.25) is 4.79 Å². The maximum atomic E-state index is 11.5. The number of ether oxygens (including phenoxy) is 4. The van der Waals surface area contributed by atoms with Crippen LogP contribution in [0.3, 0.4) is 0 Å². The van der Waals surface area contributed by atoms with Crippen molar-refractivity contribution < 1.29 is 23.7 Å². The first-order valence-electron chi connectivity index (χ1n) is 6.78. The van der Waals surface area contributed by atoms with Crippen LogP contribution in [0.4, 0.5) is 0 Å². The van der Waals surface area contributed by atoms with E-state index in [0.29, 0.717) is 37.8 Å². The van der Waals surface area contributed by atoms with Crippen molar-refractivity contribution in [3.8, 4) is 17.2 Å². The van der Waals surface area contributed by atoms with Crippen LogP contribution in [0.5, 0.6) is 17.2 Å². The number of nitrogens with one attached hydrogen (secondary N) is 2. The van der Waals surface area contributed by atoms with E-state index in [1.807, 2.05) is 6.07 Å². The maximum absolute atomic E-state index is 11.5. The molecule has 0 saturated carbocycles. The van der Waals surface area contributed by atoms with Crippen LogP contribution in [0.25, 0.3) is 0 Å². The van der Waals surface area contributed by atoms with Gasteiger partial charge in [-0.05, 0) is 12.1 Å². The average Bonchev–Trinajstić information content (AvgIpc) is 2.96. The molecule has 116 valence electrons. The van der Waals surface area contributed by atoms with Crippen LogP contribution < -0.4 is 24.8 Å². The van der Waals surface area contributed by atoms with Crippen molar-refractivity contribution in [2.45, 2.75) is 0 Å². The Morgan fingerprint density at radius 1 is 1.24 bits per heavy atom. The van der Waals surface area contributed by atoms with Gasteiger partial charge in [-0.15, -0.1) is 0 Å². The molecule has 21 heavy (non-hydrogen) atoms. The van der Waals surface area contributed by atoms with Crippen LogP contribution in [0.2, 0.25) is 0 Å². The highest BCUT2D eigenvalue weighted by atomic mass is 16.7. The van der Waals surface area contributed by atoms with Crippen LogP contribution in [-0.4, -0.2) is 52.7 Å². The number of hydrogen-bond acceptors (Lipinski definition) is 6. The molecule has 0 fully saturated rings. The summed E-state index contributed by atoms with van der Waals surface area (Å²) in [7, 11) is 1.62. The molecule has 1 aliphatic rings. The smallest absolute Gasteiger partial charge is 0.234 e. The lowest BCUT2D eigenvalue weighted by Crippen LogP contribution is -2.37. The lowest BCUT2D eigenvalue weighted by atomic mass is 10.3. The van der Waals surface area contributed by atoms with E-state index >= 15 is 0 Å². The van der Waals surface area contributed by atoms with Gasteiger partial charge in [-0.1, -0.05) is 0 Å². The summed E-state index contributed by atoms with van der Waals surface area (Å²) in [6.45, 7) is 2.58. The zero-order valence-electron chi connectivity index (χ0n) is 12.0. The van der Waals surface area contributed by atoms with Gasteiger partial charge >= 0.3 is 0 Å². The maximum Gasteiger partial charge on any atom is 0.234 e. The molecule has 1 aliphatic heterocycles. The third-order valence-electron chi connectivity index (χ3n) is 2.81. The molecular weight excluding hydrogens is 276 g/mol. The summed E-state index contributed by atoms with van der Waals surface area (Å²) in [6, 6.07) is 5.38. The summed E-state index contributed by atoms with van der Waals surface area (Å²) >= 11 is 0. The molecule has 2 rings (SSSR count). The van der Waals surface area contributed by atoms with Crippen molar-refractivity contribution >= 4 is 5.91 Å². The van der Waals surface area contributed by atoms with E-state index in [1.54, 1.807) is 19.2 Å². The summed E-state index contributed by atoms with van der Waals surface area (Å²) in [5, 5.41) is 5.72. The number of hydrogen-bond donors (Lipinski definition) is 2. The first-order valence-corrected chi connectivity index (χ1v) is 6.78. The molecule has 0 radical (unpaired) electrons. The van der Waals surface area contributed by atoms with Crippen LogP contribution in [-0.2, 0) is 9.53 Å². The summed E-state index contributed by atoms with van der Waals surface area (Å²) in [5.41, 5.74) is 0. The van der Waals surface area contributed by atoms with Crippen molar-refractivity contribution in [2.24, 2.45) is 0 Å². The predicted molar refractivity (Wildman–Crippen MR) is 75.8 cm³/mol. The molecule has 1 aromatic rings. The van der Waals surface area contributed by atoms with Crippen molar-refractivity contribution in [2.75, 3.05) is 46.8 Å². The van der Waals surface area contributed by atoms with Gasteiger partial charge in [0.05, 0.1) is 19.7 Å². The standard InChI is InChI=1S/C14H20N2O5/c1-18-6-4-15-9-14(17)16-5-7-19-11-2-3-12-13(8-11)21-10-20-12/h2-3,8,15H,4-7,9-10H2,1H3,(H,16,17). The molecule has 0 aliphatic carbocycles. The minimum Gasteiger partial charge on any atom is -0.492 e. The first kappa shape index (κ1) is 15.4. The fourth-order valence-corrected chi connectivity index (χ4v) is 1.76. The van der Waals surface area contributed by atoms with Gasteiger partial charge in [0.15, 0.2) is 11.5 Å². The molecule has 7 nitrogen and oxygen atoms in total. The van der Waals surface area contributed by atoms with Gasteiger partial charge in [0.25, 0.3) is 0 Å². The fourth-order valence-electron chi connectivity index (χ4n) is 1.76. The number of amides is 1. The predicted octanol–water partition coefficient (Wildman–Crippen LogP) is 0.146. The highest BCUT2D eigenvalue weighted by molar-refractivity contribution is 5.77. The highest BCUT2D eigenvalue weighted by Gasteiger charge is 2.13. The van der Waals surface area contributed by atoms with E-state index in [1.165, 1.54) is 0 Å². The molecule has 2 N–H and O–H groups in total. The van der Waals surface area contributed by atoms with Gasteiger partial charge in [0.1, 0.15) is 12.4 Å². The number of carbonyl (C=O) groups is 1. The Morgan fingerprint density at radius 3 is 2.95 bits per heavy atom. The molecule has 0 spiro atoms. The molecule has 1 aromatic carbocycles. The van der Waals surface area contributed by atoms with E-state index in [9.17, 15) is 4.79 Å². The third kappa shape index (κ3) is 5.13. The Hall–Kier alpha value is -1.99. The molecule has 0 bridgehead atoms. The Labute approximate surface area is 123 Å². The normalized spacial score (nSPS) is 12.2. The van der Waals surface area contributed by atoms with Gasteiger partial charge in [-0.2, -0.15) is 0 Å². The van der Waals surface area contributed by atoms with Gasteiger partial charge in [0.2, 0.25) is 12.7 Å². The van der Waals surface area contributed by atoms with E-state index in [0.717, 1.165) is 5.75 Å². The number of carbonyl (C=O) groups excluding carboxylic acids is 1. The summed E-state index contributed by atoms with van der Waals surface area (Å²) in [5.74, 6) is 2.02. The second kappa shape index (κ2) is 8.33. The summed E-state index contributed by atoms with van der Waals surface area (Å²) < 4.78 is 20.9. The quantitative estimate of drug-likeness (QED) is 0.632. The molecular formula is C14H20N2O5. The SMILES string of the molecule is COCCNCC(=O)NCCOc1ccc2c(c1)OCO2. The van der Waals surface area contributed by atoms with Crippen molar-refractivity contribution in [3.05, 3.63) is 18.2 Å². The number of fused-ring (bicyclic) bond motifs is 1. The van der Waals surface area contributed by atoms with E-state index in [4.69, 9.17) is 18.9 Å². The topological polar surface area (TPSA) is 78.1 Å². The van der Waals surface area contributed by atoms with Crippen LogP contribution in [0, 0.1) is 0 Å². The Bertz CT molecular complexity index is 467. The average molecular weight is 296 g/mol. The number of methoxy groups -OCH3 is 1. The van der Waals surface area contributed by atoms with Gasteiger partial charge in [0, 0.05) is 19.7 Å². The van der Waals surface area contributed by atoms with Crippen LogP contribution in [0.15, 0.2) is 18.2 Å². The number of rotatable bonds is 9. The minimum absolute atomic E-state index is 0.0691. The number of benzene rings is 1. The minimum atomic E-state index is -0.0691. The second-order valence-electron chi connectivity index (χ2n) is 4.38. The summed E-state index contributed by atoms with van der Waals surface area (Å²) in [4.78, 5) is 11.5. The molecule has 7 heteroatoms. The Balaban J connectivity index is 1.58. The monoisotopic (exact) mass is 296 g/mol. The third-order valence-corrected chi connectivity index (χ3v) is 2.81. The molecule has 0 saturated heterocycles. The summed E-state index contributed by atoms with van der Waals surface area (Å²) in [6.07, 6.45) is 0. The zero-order valence-corrected chi connectivity index (χ0v) is 12.0. The Morgan fingerprint density at radius 2 is 2.10 bits per heavy atom. The zero-order chi connectivity index (χ0) is 14.9. The fraction of sp³-hybridized carbons (Fsp3) is 0.500. The van der Waals surface area contributed by atoms with Gasteiger partial charge < -0.3 is 29.6 Å². The largest absolute Gasteiger partial charge is 0.492 e. The van der Waals surface area contributed by atoms with Crippen molar-refractivity contribution in [1.82, 2.24) is 10.6 Å². The van der Waals surface area contributed by atoms with E-state index < -0.39 is 0 Å². The lowest BCUT2D eigenvalue weighted by Gasteiger charge is -2.09. The van der Waals surface area contributed by atoms with E-state index in [-0.39, 0.29) is 19.2 Å². The van der Waals surface area contributed by atoms with Crippen LogP contribution in [0.1, 0.15) is 0 Å². The Kier molecular flexibility index (Phi) is 6.11. The van der Waals surface area contributed by atoms with Crippen molar-refractivity contribution in [3.63, 3.8) is 0 Å². The van der Waals surface area contributed by atoms with Gasteiger partial charge in [-0.25, -0.2) is 0 Å². The molecule has 0 unspecified atom stereocenters. The van der Waals surface area contributed by atoms with Crippen molar-refractivity contribution in [1.29, 1.82) is 0 Å². The molecule has 1 heterocycles. The molecule has 0 aromatic heterocycles. The molecule has 0 atom stereocenters. The second-order valence-corrected chi connectivity index (χ2v) is 4.38. The molecule has 1 amide bonds. The van der Waals surface area contributed by atoms with E-state index in [2.05, 4.69) is 10.6 Å². The lowest BCUT2D eigenvalue weighted by molar-refractivity contribution is -0.120. The first-order chi connectivity index (χ1) is 10.3. The highest BCUT2D eigenvalue weighted by Crippen LogP contribution is 2.34. The van der Waals surface area contributed by atoms with Crippen LogP contribution >= 0.6 is 0 Å².